The van der Waals surface area contributed by atoms with E-state index in [2.05, 4.69) is 32.6 Å². The van der Waals surface area contributed by atoms with Crippen LogP contribution >= 0.6 is 34.4 Å². The molecule has 0 aliphatic rings. The molecule has 1 heterocycles. The fourth-order valence-corrected chi connectivity index (χ4v) is 2.81. The molecule has 2 rings (SSSR count). The van der Waals surface area contributed by atoms with Crippen LogP contribution in [0.1, 0.15) is 21.7 Å². The molecule has 0 saturated heterocycles. The molecule has 3 nitrogen and oxygen atoms in total. The number of Topliss-reactive ketones (excluding diaryl/α,β-unsaturated/α-hetero) is 1. The minimum Gasteiger partial charge on any atom is -0.293 e. The number of carbonyl (C=O) groups excluding carboxylic acids is 1. The monoisotopic (exact) mass is 384 g/mol. The zero-order valence-corrected chi connectivity index (χ0v) is 13.7. The first-order chi connectivity index (χ1) is 9.04. The smallest absolute Gasteiger partial charge is 0.188 e. The Hall–Kier alpha value is -0.950. The number of hydrogen-bond acceptors (Lipinski definition) is 4. The summed E-state index contributed by atoms with van der Waals surface area (Å²) >= 11 is 3.60. The molecule has 0 bridgehead atoms. The number of nitrogens with zero attached hydrogens (tertiary/aromatic N) is 2. The molecule has 2 aromatic rings. The van der Waals surface area contributed by atoms with Gasteiger partial charge in [-0.3, -0.25) is 4.79 Å². The molecular formula is C14H13IN2OS. The Morgan fingerprint density at radius 1 is 1.16 bits per heavy atom. The van der Waals surface area contributed by atoms with Gasteiger partial charge in [0, 0.05) is 20.5 Å². The molecule has 1 aromatic carbocycles. The van der Waals surface area contributed by atoms with Crippen LogP contribution in [0, 0.1) is 17.4 Å². The van der Waals surface area contributed by atoms with Crippen LogP contribution in [0.4, 0.5) is 0 Å². The number of hydrogen-bond donors (Lipinski definition) is 0. The molecule has 0 unspecified atom stereocenters. The van der Waals surface area contributed by atoms with Crippen molar-refractivity contribution >= 4 is 40.1 Å². The molecule has 0 atom stereocenters. The largest absolute Gasteiger partial charge is 0.293 e. The van der Waals surface area contributed by atoms with Gasteiger partial charge in [0.2, 0.25) is 0 Å². The molecule has 98 valence electrons. The van der Waals surface area contributed by atoms with E-state index in [1.165, 1.54) is 11.8 Å². The molecule has 0 amide bonds. The van der Waals surface area contributed by atoms with Gasteiger partial charge in [0.15, 0.2) is 10.9 Å². The van der Waals surface area contributed by atoms with Crippen molar-refractivity contribution in [2.24, 2.45) is 0 Å². The summed E-state index contributed by atoms with van der Waals surface area (Å²) in [5.41, 5.74) is 2.59. The third-order valence-electron chi connectivity index (χ3n) is 2.46. The fourth-order valence-electron chi connectivity index (χ4n) is 1.61. The highest BCUT2D eigenvalue weighted by atomic mass is 127. The second-order valence-corrected chi connectivity index (χ2v) is 6.34. The predicted octanol–water partition coefficient (Wildman–Crippen LogP) is 3.67. The lowest BCUT2D eigenvalue weighted by Crippen LogP contribution is -2.03. The summed E-state index contributed by atoms with van der Waals surface area (Å²) in [7, 11) is 0. The predicted molar refractivity (Wildman–Crippen MR) is 85.7 cm³/mol. The third-order valence-corrected chi connectivity index (χ3v) is 4.03. The summed E-state index contributed by atoms with van der Waals surface area (Å²) in [6.45, 7) is 3.86. The van der Waals surface area contributed by atoms with Crippen molar-refractivity contribution in [2.45, 2.75) is 19.0 Å². The van der Waals surface area contributed by atoms with Crippen molar-refractivity contribution in [1.82, 2.24) is 9.97 Å². The van der Waals surface area contributed by atoms with Crippen LogP contribution in [0.15, 0.2) is 35.5 Å². The highest BCUT2D eigenvalue weighted by Crippen LogP contribution is 2.16. The number of halogens is 1. The number of benzene rings is 1. The van der Waals surface area contributed by atoms with E-state index < -0.39 is 0 Å². The van der Waals surface area contributed by atoms with E-state index in [1.807, 2.05) is 44.2 Å². The van der Waals surface area contributed by atoms with Crippen LogP contribution in [0.2, 0.25) is 0 Å². The highest BCUT2D eigenvalue weighted by Gasteiger charge is 2.08. The second kappa shape index (κ2) is 6.47. The SMILES string of the molecule is Cc1cc(C)nc(SCC(=O)c2ccc(I)cc2)n1. The molecule has 0 radical (unpaired) electrons. The zero-order valence-electron chi connectivity index (χ0n) is 10.7. The first-order valence-corrected chi connectivity index (χ1v) is 7.85. The second-order valence-electron chi connectivity index (χ2n) is 4.15. The summed E-state index contributed by atoms with van der Waals surface area (Å²) in [4.78, 5) is 20.6. The molecular weight excluding hydrogens is 371 g/mol. The van der Waals surface area contributed by atoms with Gasteiger partial charge in [-0.25, -0.2) is 9.97 Å². The van der Waals surface area contributed by atoms with Gasteiger partial charge < -0.3 is 0 Å². The number of ketones is 1. The molecule has 0 aliphatic heterocycles. The lowest BCUT2D eigenvalue weighted by Gasteiger charge is -2.03. The Labute approximate surface area is 130 Å². The van der Waals surface area contributed by atoms with Crippen LogP contribution in [0.3, 0.4) is 0 Å². The lowest BCUT2D eigenvalue weighted by atomic mass is 10.2. The minimum absolute atomic E-state index is 0.101. The molecule has 0 spiro atoms. The van der Waals surface area contributed by atoms with E-state index in [4.69, 9.17) is 0 Å². The topological polar surface area (TPSA) is 42.9 Å². The molecule has 0 aliphatic carbocycles. The van der Waals surface area contributed by atoms with Gasteiger partial charge in [0.25, 0.3) is 0 Å². The van der Waals surface area contributed by atoms with Crippen molar-refractivity contribution in [3.63, 3.8) is 0 Å². The molecule has 0 saturated carbocycles. The first kappa shape index (κ1) is 14.5. The molecule has 0 fully saturated rings. The summed E-state index contributed by atoms with van der Waals surface area (Å²) in [6, 6.07) is 9.50. The zero-order chi connectivity index (χ0) is 13.8. The maximum absolute atomic E-state index is 12.0. The van der Waals surface area contributed by atoms with Crippen LogP contribution in [0.5, 0.6) is 0 Å². The van der Waals surface area contributed by atoms with Crippen LogP contribution in [-0.4, -0.2) is 21.5 Å². The molecule has 0 N–H and O–H groups in total. The van der Waals surface area contributed by atoms with Gasteiger partial charge in [-0.1, -0.05) is 23.9 Å². The fraction of sp³-hybridized carbons (Fsp3) is 0.214. The van der Waals surface area contributed by atoms with Gasteiger partial charge in [-0.15, -0.1) is 0 Å². The average molecular weight is 384 g/mol. The molecule has 1 aromatic heterocycles. The van der Waals surface area contributed by atoms with Crippen molar-refractivity contribution < 1.29 is 4.79 Å². The first-order valence-electron chi connectivity index (χ1n) is 5.78. The lowest BCUT2D eigenvalue weighted by molar-refractivity contribution is 0.102. The van der Waals surface area contributed by atoms with E-state index in [0.29, 0.717) is 10.9 Å². The van der Waals surface area contributed by atoms with Gasteiger partial charge in [0.1, 0.15) is 0 Å². The maximum atomic E-state index is 12.0. The Balaban J connectivity index is 2.02. The van der Waals surface area contributed by atoms with Crippen LogP contribution < -0.4 is 0 Å². The number of carbonyl (C=O) groups is 1. The quantitative estimate of drug-likeness (QED) is 0.349. The van der Waals surface area contributed by atoms with E-state index in [9.17, 15) is 4.79 Å². The van der Waals surface area contributed by atoms with Gasteiger partial charge in [-0.05, 0) is 54.6 Å². The number of aromatic nitrogens is 2. The third kappa shape index (κ3) is 4.28. The standard InChI is InChI=1S/C14H13IN2OS/c1-9-7-10(2)17-14(16-9)19-8-13(18)11-3-5-12(15)6-4-11/h3-7H,8H2,1-2H3. The highest BCUT2D eigenvalue weighted by molar-refractivity contribution is 14.1. The Bertz CT molecular complexity index is 579. The van der Waals surface area contributed by atoms with Gasteiger partial charge >= 0.3 is 0 Å². The summed E-state index contributed by atoms with van der Waals surface area (Å²) < 4.78 is 1.12. The van der Waals surface area contributed by atoms with Gasteiger partial charge in [0.05, 0.1) is 5.75 Å². The average Bonchev–Trinajstić information content (AvgIpc) is 2.36. The van der Waals surface area contributed by atoms with Crippen molar-refractivity contribution in [3.05, 3.63) is 50.9 Å². The van der Waals surface area contributed by atoms with E-state index in [-0.39, 0.29) is 5.78 Å². The van der Waals surface area contributed by atoms with Crippen LogP contribution in [0.25, 0.3) is 0 Å². The van der Waals surface area contributed by atoms with E-state index in [0.717, 1.165) is 20.5 Å². The van der Waals surface area contributed by atoms with Crippen molar-refractivity contribution in [1.29, 1.82) is 0 Å². The van der Waals surface area contributed by atoms with Crippen molar-refractivity contribution in [3.8, 4) is 0 Å². The maximum Gasteiger partial charge on any atom is 0.188 e. The summed E-state index contributed by atoms with van der Waals surface area (Å²) in [6.07, 6.45) is 0. The Kier molecular flexibility index (Phi) is 4.93. The summed E-state index contributed by atoms with van der Waals surface area (Å²) in [5, 5.41) is 0.663. The molecule has 19 heavy (non-hydrogen) atoms. The minimum atomic E-state index is 0.101. The summed E-state index contributed by atoms with van der Waals surface area (Å²) in [5.74, 6) is 0.466. The van der Waals surface area contributed by atoms with Crippen molar-refractivity contribution in [2.75, 3.05) is 5.75 Å². The molecule has 5 heteroatoms. The number of thioether (sulfide) groups is 1. The number of rotatable bonds is 4. The van der Waals surface area contributed by atoms with E-state index >= 15 is 0 Å². The van der Waals surface area contributed by atoms with E-state index in [1.54, 1.807) is 0 Å². The Morgan fingerprint density at radius 3 is 2.32 bits per heavy atom. The van der Waals surface area contributed by atoms with Crippen LogP contribution in [-0.2, 0) is 0 Å². The van der Waals surface area contributed by atoms with Gasteiger partial charge in [-0.2, -0.15) is 0 Å². The number of aryl methyl sites for hydroxylation is 2. The Morgan fingerprint density at radius 2 is 1.74 bits per heavy atom. The normalized spacial score (nSPS) is 10.5.